The molecule has 132 valence electrons. The smallest absolute Gasteiger partial charge is 0.250 e. The molecule has 0 spiro atoms. The van der Waals surface area contributed by atoms with Crippen molar-refractivity contribution >= 4 is 28.5 Å². The molecular weight excluding hydrogens is 342 g/mol. The number of amides is 1. The molecule has 0 radical (unpaired) electrons. The van der Waals surface area contributed by atoms with Gasteiger partial charge in [-0.05, 0) is 36.6 Å². The number of hydrogen-bond donors (Lipinski definition) is 1. The fourth-order valence-electron chi connectivity index (χ4n) is 2.31. The second-order valence-electron chi connectivity index (χ2n) is 5.39. The minimum absolute atomic E-state index is 0.0116. The average molecular weight is 361 g/mol. The van der Waals surface area contributed by atoms with Gasteiger partial charge >= 0.3 is 0 Å². The summed E-state index contributed by atoms with van der Waals surface area (Å²) in [6.07, 6.45) is 5.17. The number of aromatic nitrogens is 2. The van der Waals surface area contributed by atoms with Crippen LogP contribution in [0.3, 0.4) is 0 Å². The minimum atomic E-state index is -0.255. The van der Waals surface area contributed by atoms with Crippen LogP contribution in [0.4, 0.5) is 5.13 Å². The zero-order valence-electron chi connectivity index (χ0n) is 13.8. The Morgan fingerprint density at radius 3 is 2.96 bits per heavy atom. The average Bonchev–Trinajstić information content (AvgIpc) is 3.30. The normalized spacial score (nSPS) is 17.1. The summed E-state index contributed by atoms with van der Waals surface area (Å²) in [5, 5.41) is 12.1. The Morgan fingerprint density at radius 1 is 1.40 bits per heavy atom. The maximum absolute atomic E-state index is 12.0. The van der Waals surface area contributed by atoms with Crippen molar-refractivity contribution in [2.75, 3.05) is 25.8 Å². The molecule has 8 heteroatoms. The van der Waals surface area contributed by atoms with Gasteiger partial charge in [-0.15, -0.1) is 10.2 Å². The number of rotatable bonds is 7. The molecule has 7 nitrogen and oxygen atoms in total. The monoisotopic (exact) mass is 361 g/mol. The molecule has 1 aliphatic rings. The lowest BCUT2D eigenvalue weighted by molar-refractivity contribution is -0.111. The van der Waals surface area contributed by atoms with Crippen molar-refractivity contribution in [3.05, 3.63) is 40.9 Å². The highest BCUT2D eigenvalue weighted by molar-refractivity contribution is 7.15. The van der Waals surface area contributed by atoms with Crippen molar-refractivity contribution in [3.63, 3.8) is 0 Å². The van der Waals surface area contributed by atoms with E-state index in [1.165, 1.54) is 17.4 Å². The number of nitrogens with one attached hydrogen (secondary N) is 1. The summed E-state index contributed by atoms with van der Waals surface area (Å²) in [6, 6.07) is 7.34. The van der Waals surface area contributed by atoms with Gasteiger partial charge in [-0.1, -0.05) is 23.5 Å². The molecule has 0 aliphatic carbocycles. The van der Waals surface area contributed by atoms with E-state index >= 15 is 0 Å². The summed E-state index contributed by atoms with van der Waals surface area (Å²) >= 11 is 1.35. The summed E-state index contributed by atoms with van der Waals surface area (Å²) in [7, 11) is 1.57. The van der Waals surface area contributed by atoms with Gasteiger partial charge in [0.2, 0.25) is 11.0 Å². The molecule has 0 bridgehead atoms. The van der Waals surface area contributed by atoms with Crippen LogP contribution in [0, 0.1) is 0 Å². The molecule has 1 unspecified atom stereocenters. The largest absolute Gasteiger partial charge is 0.468 e. The molecule has 1 saturated heterocycles. The maximum atomic E-state index is 12.0. The van der Waals surface area contributed by atoms with E-state index in [4.69, 9.17) is 14.2 Å². The molecule has 1 N–H and O–H groups in total. The number of carbonyl (C=O) groups excluding carboxylic acids is 1. The van der Waals surface area contributed by atoms with Crippen LogP contribution >= 0.6 is 11.3 Å². The second-order valence-corrected chi connectivity index (χ2v) is 6.40. The standard InChI is InChI=1S/C17H19N3O4S/c1-22-11-24-13-7-4-12(5-8-13)6-9-15(21)18-17-20-19-16(25-17)14-3-2-10-23-14/h4-9,14H,2-3,10-11H2,1H3,(H,18,20,21)/b9-6+. The number of nitrogens with zero attached hydrogens (tertiary/aromatic N) is 2. The molecule has 2 heterocycles. The van der Waals surface area contributed by atoms with Crippen molar-refractivity contribution in [1.82, 2.24) is 10.2 Å². The van der Waals surface area contributed by atoms with E-state index in [1.807, 2.05) is 24.3 Å². The first kappa shape index (κ1) is 17.5. The zero-order chi connectivity index (χ0) is 17.5. The van der Waals surface area contributed by atoms with Crippen LogP contribution in [0.2, 0.25) is 0 Å². The van der Waals surface area contributed by atoms with Gasteiger partial charge in [-0.25, -0.2) is 0 Å². The van der Waals surface area contributed by atoms with Gasteiger partial charge in [0, 0.05) is 19.8 Å². The van der Waals surface area contributed by atoms with Gasteiger partial charge in [0.25, 0.3) is 0 Å². The predicted octanol–water partition coefficient (Wildman–Crippen LogP) is 3.02. The Kier molecular flexibility index (Phi) is 6.10. The highest BCUT2D eigenvalue weighted by atomic mass is 32.1. The minimum Gasteiger partial charge on any atom is -0.468 e. The van der Waals surface area contributed by atoms with E-state index in [2.05, 4.69) is 15.5 Å². The quantitative estimate of drug-likeness (QED) is 0.603. The number of ether oxygens (including phenoxy) is 3. The molecule has 1 amide bonds. The van der Waals surface area contributed by atoms with E-state index in [9.17, 15) is 4.79 Å². The number of methoxy groups -OCH3 is 1. The van der Waals surface area contributed by atoms with Gasteiger partial charge in [0.05, 0.1) is 0 Å². The van der Waals surface area contributed by atoms with Gasteiger partial charge < -0.3 is 14.2 Å². The van der Waals surface area contributed by atoms with Gasteiger partial charge in [0.15, 0.2) is 6.79 Å². The second kappa shape index (κ2) is 8.70. The maximum Gasteiger partial charge on any atom is 0.250 e. The van der Waals surface area contributed by atoms with Crippen molar-refractivity contribution < 1.29 is 19.0 Å². The molecule has 1 aromatic carbocycles. The third kappa shape index (κ3) is 5.09. The first-order valence-electron chi connectivity index (χ1n) is 7.90. The summed E-state index contributed by atoms with van der Waals surface area (Å²) in [5.74, 6) is 0.453. The van der Waals surface area contributed by atoms with Crippen molar-refractivity contribution in [2.24, 2.45) is 0 Å². The molecule has 1 aliphatic heterocycles. The highest BCUT2D eigenvalue weighted by Gasteiger charge is 2.22. The van der Waals surface area contributed by atoms with Crippen molar-refractivity contribution in [3.8, 4) is 5.75 Å². The first-order chi connectivity index (χ1) is 12.2. The first-order valence-corrected chi connectivity index (χ1v) is 8.72. The van der Waals surface area contributed by atoms with Crippen LogP contribution in [0.25, 0.3) is 6.08 Å². The number of benzene rings is 1. The molecule has 1 fully saturated rings. The fourth-order valence-corrected chi connectivity index (χ4v) is 3.14. The molecule has 1 atom stereocenters. The number of anilines is 1. The molecular formula is C17H19N3O4S. The molecule has 25 heavy (non-hydrogen) atoms. The topological polar surface area (TPSA) is 82.6 Å². The van der Waals surface area contributed by atoms with Crippen LogP contribution in [0.5, 0.6) is 5.75 Å². The van der Waals surface area contributed by atoms with E-state index < -0.39 is 0 Å². The van der Waals surface area contributed by atoms with E-state index in [0.717, 1.165) is 30.0 Å². The summed E-state index contributed by atoms with van der Waals surface area (Å²) in [5.41, 5.74) is 0.886. The van der Waals surface area contributed by atoms with Crippen molar-refractivity contribution in [1.29, 1.82) is 0 Å². The molecule has 3 rings (SSSR count). The Bertz CT molecular complexity index is 724. The highest BCUT2D eigenvalue weighted by Crippen LogP contribution is 2.31. The lowest BCUT2D eigenvalue weighted by Gasteiger charge is -2.04. The van der Waals surface area contributed by atoms with E-state index in [0.29, 0.717) is 10.9 Å². The summed E-state index contributed by atoms with van der Waals surface area (Å²) in [4.78, 5) is 12.0. The van der Waals surface area contributed by atoms with Gasteiger partial charge in [-0.2, -0.15) is 0 Å². The lowest BCUT2D eigenvalue weighted by atomic mass is 10.2. The van der Waals surface area contributed by atoms with Crippen molar-refractivity contribution in [2.45, 2.75) is 18.9 Å². The van der Waals surface area contributed by atoms with Crippen LogP contribution < -0.4 is 10.1 Å². The van der Waals surface area contributed by atoms with Crippen LogP contribution in [-0.2, 0) is 14.3 Å². The summed E-state index contributed by atoms with van der Waals surface area (Å²) in [6.45, 7) is 0.956. The third-order valence-electron chi connectivity index (χ3n) is 3.53. The Hall–Kier alpha value is -2.29. The lowest BCUT2D eigenvalue weighted by Crippen LogP contribution is -2.07. The van der Waals surface area contributed by atoms with Crippen LogP contribution in [0.1, 0.15) is 29.5 Å². The summed E-state index contributed by atoms with van der Waals surface area (Å²) < 4.78 is 15.7. The third-order valence-corrected chi connectivity index (χ3v) is 4.46. The molecule has 0 saturated carbocycles. The van der Waals surface area contributed by atoms with E-state index in [1.54, 1.807) is 13.2 Å². The fraction of sp³-hybridized carbons (Fsp3) is 0.353. The Labute approximate surface area is 149 Å². The zero-order valence-corrected chi connectivity index (χ0v) is 14.6. The number of hydrogen-bond acceptors (Lipinski definition) is 7. The van der Waals surface area contributed by atoms with Gasteiger partial charge in [-0.3, -0.25) is 10.1 Å². The molecule has 1 aromatic heterocycles. The Morgan fingerprint density at radius 2 is 2.24 bits per heavy atom. The van der Waals surface area contributed by atoms with Gasteiger partial charge in [0.1, 0.15) is 16.9 Å². The van der Waals surface area contributed by atoms with Crippen LogP contribution in [0.15, 0.2) is 30.3 Å². The Balaban J connectivity index is 1.52. The van der Waals surface area contributed by atoms with Crippen LogP contribution in [-0.4, -0.2) is 36.6 Å². The van der Waals surface area contributed by atoms with E-state index in [-0.39, 0.29) is 18.8 Å². The number of carbonyl (C=O) groups is 1. The SMILES string of the molecule is COCOc1ccc(/C=C/C(=O)Nc2nnc(C3CCCO3)s2)cc1. The molecule has 2 aromatic rings. The predicted molar refractivity (Wildman–Crippen MR) is 94.4 cm³/mol.